The highest BCUT2D eigenvalue weighted by Crippen LogP contribution is 2.43. The van der Waals surface area contributed by atoms with E-state index in [1.54, 1.807) is 61.5 Å². The fourth-order valence-electron chi connectivity index (χ4n) is 3.74. The first kappa shape index (κ1) is 24.2. The number of hydrogen-bond acceptors (Lipinski definition) is 8. The van der Waals surface area contributed by atoms with Crippen LogP contribution in [-0.2, 0) is 9.59 Å². The number of anilines is 1. The number of aliphatic hydroxyl groups is 1. The summed E-state index contributed by atoms with van der Waals surface area (Å²) in [4.78, 5) is 27.7. The lowest BCUT2D eigenvalue weighted by Gasteiger charge is -2.23. The zero-order chi connectivity index (χ0) is 24.9. The summed E-state index contributed by atoms with van der Waals surface area (Å²) >= 11 is 1.19. The Morgan fingerprint density at radius 3 is 2.57 bits per heavy atom. The number of Topliss-reactive ketones (excluding diaryl/α,β-unsaturated/α-hetero) is 1. The van der Waals surface area contributed by atoms with Gasteiger partial charge in [0.1, 0.15) is 28.9 Å². The van der Waals surface area contributed by atoms with Gasteiger partial charge in [-0.05, 0) is 55.3 Å². The Labute approximate surface area is 207 Å². The van der Waals surface area contributed by atoms with E-state index in [0.29, 0.717) is 40.8 Å². The molecule has 0 aliphatic carbocycles. The number of ether oxygens (including phenoxy) is 2. The van der Waals surface area contributed by atoms with Gasteiger partial charge in [0.25, 0.3) is 5.78 Å². The topological polar surface area (TPSA) is 102 Å². The van der Waals surface area contributed by atoms with E-state index < -0.39 is 17.7 Å². The largest absolute Gasteiger partial charge is 0.507 e. The van der Waals surface area contributed by atoms with Gasteiger partial charge in [0.15, 0.2) is 0 Å². The summed E-state index contributed by atoms with van der Waals surface area (Å²) in [5.74, 6) is -0.677. The van der Waals surface area contributed by atoms with Crippen LogP contribution in [0.4, 0.5) is 5.13 Å². The van der Waals surface area contributed by atoms with Crippen LogP contribution < -0.4 is 14.4 Å². The highest BCUT2D eigenvalue weighted by atomic mass is 32.1. The standard InChI is InChI=1S/C26H25N3O5S/c1-4-13-33-19-11-9-17(10-12-19)23(30)21-22(18-7-6-8-20(15-18)34-14-5-2)29(25(32)24(21)31)26-28-27-16(3)35-26/h5-12,15,22,30H,2,4,13-14H2,1,3H3/t22-/m0/s1. The maximum absolute atomic E-state index is 13.2. The van der Waals surface area contributed by atoms with E-state index >= 15 is 0 Å². The molecule has 0 bridgehead atoms. The summed E-state index contributed by atoms with van der Waals surface area (Å²) < 4.78 is 11.3. The van der Waals surface area contributed by atoms with Crippen LogP contribution in [0.5, 0.6) is 11.5 Å². The molecule has 1 aliphatic rings. The smallest absolute Gasteiger partial charge is 0.301 e. The van der Waals surface area contributed by atoms with Crippen molar-refractivity contribution in [2.75, 3.05) is 18.1 Å². The lowest BCUT2D eigenvalue weighted by Crippen LogP contribution is -2.29. The monoisotopic (exact) mass is 491 g/mol. The highest BCUT2D eigenvalue weighted by Gasteiger charge is 2.48. The molecule has 1 amide bonds. The second kappa shape index (κ2) is 10.5. The summed E-state index contributed by atoms with van der Waals surface area (Å²) in [5.41, 5.74) is 0.943. The molecule has 2 heterocycles. The van der Waals surface area contributed by atoms with E-state index in [1.807, 2.05) is 6.92 Å². The zero-order valence-corrected chi connectivity index (χ0v) is 20.2. The second-order valence-corrected chi connectivity index (χ2v) is 8.98. The Hall–Kier alpha value is -3.98. The first-order valence-electron chi connectivity index (χ1n) is 11.1. The number of carbonyl (C=O) groups excluding carboxylic acids is 2. The van der Waals surface area contributed by atoms with Crippen molar-refractivity contribution in [1.82, 2.24) is 10.2 Å². The molecule has 8 nitrogen and oxygen atoms in total. The molecule has 1 N–H and O–H groups in total. The van der Waals surface area contributed by atoms with Crippen molar-refractivity contribution in [3.63, 3.8) is 0 Å². The van der Waals surface area contributed by atoms with E-state index in [9.17, 15) is 14.7 Å². The molecule has 1 fully saturated rings. The fourth-order valence-corrected chi connectivity index (χ4v) is 4.46. The molecular formula is C26H25N3O5S. The molecule has 180 valence electrons. The fraction of sp³-hybridized carbons (Fsp3) is 0.231. The highest BCUT2D eigenvalue weighted by molar-refractivity contribution is 7.15. The maximum Gasteiger partial charge on any atom is 0.301 e. The van der Waals surface area contributed by atoms with Crippen LogP contribution in [0, 0.1) is 6.92 Å². The van der Waals surface area contributed by atoms with Crippen molar-refractivity contribution in [2.24, 2.45) is 0 Å². The average Bonchev–Trinajstić information content (AvgIpc) is 3.41. The van der Waals surface area contributed by atoms with Crippen LogP contribution in [0.25, 0.3) is 5.76 Å². The van der Waals surface area contributed by atoms with Gasteiger partial charge in [-0.1, -0.05) is 43.0 Å². The number of hydrogen-bond donors (Lipinski definition) is 1. The lowest BCUT2D eigenvalue weighted by atomic mass is 9.95. The van der Waals surface area contributed by atoms with E-state index in [2.05, 4.69) is 16.8 Å². The van der Waals surface area contributed by atoms with Crippen molar-refractivity contribution in [3.05, 3.63) is 82.9 Å². The minimum absolute atomic E-state index is 0.0362. The van der Waals surface area contributed by atoms with Crippen LogP contribution in [0.2, 0.25) is 0 Å². The molecule has 35 heavy (non-hydrogen) atoms. The van der Waals surface area contributed by atoms with E-state index in [-0.39, 0.29) is 16.5 Å². The third-order valence-corrected chi connectivity index (χ3v) is 6.15. The Balaban J connectivity index is 1.83. The Bertz CT molecular complexity index is 1280. The number of carbonyl (C=O) groups is 2. The van der Waals surface area contributed by atoms with Crippen molar-refractivity contribution in [2.45, 2.75) is 26.3 Å². The minimum atomic E-state index is -0.911. The third-order valence-electron chi connectivity index (χ3n) is 5.31. The van der Waals surface area contributed by atoms with Gasteiger partial charge in [0, 0.05) is 5.56 Å². The minimum Gasteiger partial charge on any atom is -0.507 e. The second-order valence-electron chi connectivity index (χ2n) is 7.82. The molecule has 1 atom stereocenters. The lowest BCUT2D eigenvalue weighted by molar-refractivity contribution is -0.132. The molecule has 0 radical (unpaired) electrons. The molecule has 0 saturated carbocycles. The van der Waals surface area contributed by atoms with Gasteiger partial charge < -0.3 is 14.6 Å². The van der Waals surface area contributed by atoms with Gasteiger partial charge in [-0.25, -0.2) is 0 Å². The van der Waals surface area contributed by atoms with Crippen LogP contribution >= 0.6 is 11.3 Å². The molecule has 1 aliphatic heterocycles. The van der Waals surface area contributed by atoms with Crippen LogP contribution in [0.3, 0.4) is 0 Å². The third kappa shape index (κ3) is 4.95. The van der Waals surface area contributed by atoms with Crippen molar-refractivity contribution >= 4 is 33.9 Å². The van der Waals surface area contributed by atoms with Gasteiger partial charge in [-0.2, -0.15) is 0 Å². The molecule has 9 heteroatoms. The Kier molecular flexibility index (Phi) is 7.26. The van der Waals surface area contributed by atoms with Crippen LogP contribution in [-0.4, -0.2) is 40.2 Å². The van der Waals surface area contributed by atoms with Crippen molar-refractivity contribution in [3.8, 4) is 11.5 Å². The predicted molar refractivity (Wildman–Crippen MR) is 134 cm³/mol. The Morgan fingerprint density at radius 2 is 1.91 bits per heavy atom. The van der Waals surface area contributed by atoms with Crippen LogP contribution in [0.1, 0.15) is 35.5 Å². The maximum atomic E-state index is 13.2. The molecule has 0 spiro atoms. The van der Waals surface area contributed by atoms with Gasteiger partial charge in [-0.3, -0.25) is 14.5 Å². The summed E-state index contributed by atoms with van der Waals surface area (Å²) in [6.45, 7) is 8.30. The van der Waals surface area contributed by atoms with Gasteiger partial charge in [0.05, 0.1) is 18.2 Å². The van der Waals surface area contributed by atoms with E-state index in [4.69, 9.17) is 9.47 Å². The summed E-state index contributed by atoms with van der Waals surface area (Å²) in [6.07, 6.45) is 2.49. The quantitative estimate of drug-likeness (QED) is 0.198. The van der Waals surface area contributed by atoms with E-state index in [1.165, 1.54) is 16.2 Å². The molecule has 2 aromatic carbocycles. The van der Waals surface area contributed by atoms with Gasteiger partial charge in [-0.15, -0.1) is 10.2 Å². The zero-order valence-electron chi connectivity index (χ0n) is 19.4. The SMILES string of the molecule is C=CCOc1cccc([C@H]2C(=C(O)c3ccc(OCCC)cc3)C(=O)C(=O)N2c2nnc(C)s2)c1. The number of benzene rings is 2. The summed E-state index contributed by atoms with van der Waals surface area (Å²) in [7, 11) is 0. The summed E-state index contributed by atoms with van der Waals surface area (Å²) in [5, 5.41) is 20.3. The average molecular weight is 492 g/mol. The molecule has 4 rings (SSSR count). The molecular weight excluding hydrogens is 466 g/mol. The number of amides is 1. The predicted octanol–water partition coefficient (Wildman–Crippen LogP) is 4.83. The van der Waals surface area contributed by atoms with Gasteiger partial charge >= 0.3 is 5.91 Å². The number of aromatic nitrogens is 2. The normalized spacial score (nSPS) is 17.0. The summed E-state index contributed by atoms with van der Waals surface area (Å²) in [6, 6.07) is 12.9. The first-order chi connectivity index (χ1) is 16.9. The molecule has 1 saturated heterocycles. The number of aryl methyl sites for hydroxylation is 1. The number of aliphatic hydroxyl groups excluding tert-OH is 1. The van der Waals surface area contributed by atoms with Gasteiger partial charge in [0.2, 0.25) is 5.13 Å². The molecule has 3 aromatic rings. The number of rotatable bonds is 9. The van der Waals surface area contributed by atoms with Crippen molar-refractivity contribution < 1.29 is 24.2 Å². The number of ketones is 1. The molecule has 1 aromatic heterocycles. The Morgan fingerprint density at radius 1 is 1.14 bits per heavy atom. The number of nitrogens with zero attached hydrogens (tertiary/aromatic N) is 3. The van der Waals surface area contributed by atoms with Crippen molar-refractivity contribution in [1.29, 1.82) is 0 Å². The van der Waals surface area contributed by atoms with Crippen LogP contribution in [0.15, 0.2) is 66.8 Å². The molecule has 0 unspecified atom stereocenters. The van der Waals surface area contributed by atoms with E-state index in [0.717, 1.165) is 6.42 Å². The first-order valence-corrected chi connectivity index (χ1v) is 11.9.